The summed E-state index contributed by atoms with van der Waals surface area (Å²) in [4.78, 5) is 38.4. The molecule has 1 saturated heterocycles. The zero-order valence-corrected chi connectivity index (χ0v) is 16.6. The van der Waals surface area contributed by atoms with Gasteiger partial charge in [0.1, 0.15) is 5.75 Å². The molecule has 0 aliphatic carbocycles. The third-order valence-corrected chi connectivity index (χ3v) is 5.06. The number of amides is 2. The van der Waals surface area contributed by atoms with Gasteiger partial charge in [0.25, 0.3) is 0 Å². The Labute approximate surface area is 170 Å². The average molecular weight is 394 g/mol. The molecule has 6 heteroatoms. The predicted octanol–water partition coefficient (Wildman–Crippen LogP) is 3.74. The minimum absolute atomic E-state index is 0.0152. The number of hydrogen-bond donors (Lipinski definition) is 1. The number of ether oxygens (including phenoxy) is 1. The van der Waals surface area contributed by atoms with Crippen LogP contribution in [0, 0.1) is 6.92 Å². The van der Waals surface area contributed by atoms with Gasteiger partial charge in [-0.2, -0.15) is 0 Å². The standard InChI is InChI=1S/C23H26N2O4/c1-17-7-9-18(10-8-17)21(26)11-12-22(27)25-15-13-19(14-16-25)24-23(28)29-20-5-3-2-4-6-20/h2-10,19H,11-16H2,1H3,(H,24,28). The van der Waals surface area contributed by atoms with Crippen molar-refractivity contribution in [2.24, 2.45) is 0 Å². The van der Waals surface area contributed by atoms with Crippen LogP contribution in [-0.2, 0) is 4.79 Å². The summed E-state index contributed by atoms with van der Waals surface area (Å²) >= 11 is 0. The Morgan fingerprint density at radius 1 is 0.966 bits per heavy atom. The number of nitrogens with zero attached hydrogens (tertiary/aromatic N) is 1. The van der Waals surface area contributed by atoms with Gasteiger partial charge in [0.2, 0.25) is 5.91 Å². The first-order valence-electron chi connectivity index (χ1n) is 9.92. The number of para-hydroxylation sites is 1. The van der Waals surface area contributed by atoms with Crippen LogP contribution in [0.25, 0.3) is 0 Å². The van der Waals surface area contributed by atoms with E-state index in [4.69, 9.17) is 4.74 Å². The van der Waals surface area contributed by atoms with Gasteiger partial charge in [-0.25, -0.2) is 4.79 Å². The molecule has 1 N–H and O–H groups in total. The van der Waals surface area contributed by atoms with E-state index in [1.807, 2.05) is 25.1 Å². The van der Waals surface area contributed by atoms with E-state index in [0.717, 1.165) is 5.56 Å². The second-order valence-electron chi connectivity index (χ2n) is 7.29. The third-order valence-electron chi connectivity index (χ3n) is 5.06. The lowest BCUT2D eigenvalue weighted by Crippen LogP contribution is -2.47. The summed E-state index contributed by atoms with van der Waals surface area (Å²) in [6.45, 7) is 3.10. The van der Waals surface area contributed by atoms with E-state index < -0.39 is 6.09 Å². The topological polar surface area (TPSA) is 75.7 Å². The minimum Gasteiger partial charge on any atom is -0.410 e. The lowest BCUT2D eigenvalue weighted by Gasteiger charge is -2.32. The molecule has 0 bridgehead atoms. The number of ketones is 1. The van der Waals surface area contributed by atoms with Crippen LogP contribution in [-0.4, -0.2) is 41.8 Å². The molecule has 1 aliphatic heterocycles. The van der Waals surface area contributed by atoms with E-state index in [2.05, 4.69) is 5.32 Å². The van der Waals surface area contributed by atoms with E-state index in [1.165, 1.54) is 0 Å². The van der Waals surface area contributed by atoms with Crippen LogP contribution >= 0.6 is 0 Å². The highest BCUT2D eigenvalue weighted by Gasteiger charge is 2.24. The Bertz CT molecular complexity index is 841. The number of benzene rings is 2. The molecule has 3 rings (SSSR count). The Kier molecular flexibility index (Phi) is 7.00. The SMILES string of the molecule is Cc1ccc(C(=O)CCC(=O)N2CCC(NC(=O)Oc3ccccc3)CC2)cc1. The summed E-state index contributed by atoms with van der Waals surface area (Å²) < 4.78 is 5.24. The number of nitrogens with one attached hydrogen (secondary N) is 1. The number of hydrogen-bond acceptors (Lipinski definition) is 4. The first-order chi connectivity index (χ1) is 14.0. The molecule has 2 aromatic carbocycles. The Hall–Kier alpha value is -3.15. The summed E-state index contributed by atoms with van der Waals surface area (Å²) in [5.41, 5.74) is 1.74. The molecule has 6 nitrogen and oxygen atoms in total. The summed E-state index contributed by atoms with van der Waals surface area (Å²) in [5, 5.41) is 2.85. The molecule has 29 heavy (non-hydrogen) atoms. The van der Waals surface area contributed by atoms with Crippen molar-refractivity contribution in [3.05, 3.63) is 65.7 Å². The van der Waals surface area contributed by atoms with Crippen molar-refractivity contribution in [1.29, 1.82) is 0 Å². The molecule has 152 valence electrons. The van der Waals surface area contributed by atoms with Gasteiger partial charge in [0.15, 0.2) is 5.78 Å². The molecule has 0 aromatic heterocycles. The quantitative estimate of drug-likeness (QED) is 0.758. The Morgan fingerprint density at radius 2 is 1.62 bits per heavy atom. The maximum Gasteiger partial charge on any atom is 0.412 e. The normalized spacial score (nSPS) is 14.3. The number of rotatable bonds is 6. The van der Waals surface area contributed by atoms with Crippen molar-refractivity contribution in [3.63, 3.8) is 0 Å². The van der Waals surface area contributed by atoms with Gasteiger partial charge in [-0.05, 0) is 31.9 Å². The second kappa shape index (κ2) is 9.87. The largest absolute Gasteiger partial charge is 0.412 e. The highest BCUT2D eigenvalue weighted by atomic mass is 16.6. The van der Waals surface area contributed by atoms with E-state index in [9.17, 15) is 14.4 Å². The first-order valence-corrected chi connectivity index (χ1v) is 9.92. The number of piperidine rings is 1. The summed E-state index contributed by atoms with van der Waals surface area (Å²) in [6, 6.07) is 16.3. The monoisotopic (exact) mass is 394 g/mol. The summed E-state index contributed by atoms with van der Waals surface area (Å²) in [6.07, 6.45) is 1.28. The van der Waals surface area contributed by atoms with Crippen LogP contribution < -0.4 is 10.1 Å². The van der Waals surface area contributed by atoms with Gasteiger partial charge in [-0.1, -0.05) is 48.0 Å². The Balaban J connectivity index is 1.38. The predicted molar refractivity (Wildman–Crippen MR) is 110 cm³/mol. The van der Waals surface area contributed by atoms with E-state index in [1.54, 1.807) is 41.3 Å². The number of aryl methyl sites for hydroxylation is 1. The van der Waals surface area contributed by atoms with Crippen LogP contribution in [0.2, 0.25) is 0 Å². The third kappa shape index (κ3) is 6.17. The fraction of sp³-hybridized carbons (Fsp3) is 0.348. The molecule has 0 saturated carbocycles. The molecule has 0 spiro atoms. The zero-order valence-electron chi connectivity index (χ0n) is 16.6. The maximum atomic E-state index is 12.4. The van der Waals surface area contributed by atoms with Crippen molar-refractivity contribution in [3.8, 4) is 5.75 Å². The molecule has 1 heterocycles. The molecule has 2 amide bonds. The van der Waals surface area contributed by atoms with Gasteiger partial charge >= 0.3 is 6.09 Å². The number of carbonyl (C=O) groups excluding carboxylic acids is 3. The van der Waals surface area contributed by atoms with Crippen molar-refractivity contribution in [1.82, 2.24) is 10.2 Å². The number of likely N-dealkylation sites (tertiary alicyclic amines) is 1. The highest BCUT2D eigenvalue weighted by Crippen LogP contribution is 2.15. The summed E-state index contributed by atoms with van der Waals surface area (Å²) in [7, 11) is 0. The van der Waals surface area contributed by atoms with E-state index in [-0.39, 0.29) is 30.6 Å². The van der Waals surface area contributed by atoms with Crippen LogP contribution in [0.5, 0.6) is 5.75 Å². The van der Waals surface area contributed by atoms with Gasteiger partial charge in [0, 0.05) is 37.5 Å². The van der Waals surface area contributed by atoms with Gasteiger partial charge < -0.3 is 15.0 Å². The first kappa shape index (κ1) is 20.6. The molecule has 2 aromatic rings. The zero-order chi connectivity index (χ0) is 20.6. The molecule has 0 atom stereocenters. The molecule has 0 radical (unpaired) electrons. The van der Waals surface area contributed by atoms with Crippen molar-refractivity contribution in [2.45, 2.75) is 38.6 Å². The van der Waals surface area contributed by atoms with Gasteiger partial charge in [-0.15, -0.1) is 0 Å². The Morgan fingerprint density at radius 3 is 2.28 bits per heavy atom. The second-order valence-corrected chi connectivity index (χ2v) is 7.29. The fourth-order valence-corrected chi connectivity index (χ4v) is 3.33. The van der Waals surface area contributed by atoms with E-state index >= 15 is 0 Å². The van der Waals surface area contributed by atoms with E-state index in [0.29, 0.717) is 37.2 Å². The van der Waals surface area contributed by atoms with Crippen LogP contribution in [0.3, 0.4) is 0 Å². The number of carbonyl (C=O) groups is 3. The minimum atomic E-state index is -0.482. The van der Waals surface area contributed by atoms with Gasteiger partial charge in [-0.3, -0.25) is 9.59 Å². The van der Waals surface area contributed by atoms with Crippen LogP contribution in [0.1, 0.15) is 41.6 Å². The average Bonchev–Trinajstić information content (AvgIpc) is 2.73. The molecular weight excluding hydrogens is 368 g/mol. The molecule has 1 aliphatic rings. The lowest BCUT2D eigenvalue weighted by molar-refractivity contribution is -0.132. The smallest absolute Gasteiger partial charge is 0.410 e. The molecule has 1 fully saturated rings. The number of Topliss-reactive ketones (excluding diaryl/α,β-unsaturated/α-hetero) is 1. The highest BCUT2D eigenvalue weighted by molar-refractivity contribution is 5.98. The summed E-state index contributed by atoms with van der Waals surface area (Å²) in [5.74, 6) is 0.463. The molecular formula is C23H26N2O4. The molecule has 0 unspecified atom stereocenters. The van der Waals surface area contributed by atoms with Crippen molar-refractivity contribution < 1.29 is 19.1 Å². The fourth-order valence-electron chi connectivity index (χ4n) is 3.33. The lowest BCUT2D eigenvalue weighted by atomic mass is 10.0. The van der Waals surface area contributed by atoms with Crippen LogP contribution in [0.4, 0.5) is 4.79 Å². The van der Waals surface area contributed by atoms with Crippen molar-refractivity contribution >= 4 is 17.8 Å². The van der Waals surface area contributed by atoms with Crippen LogP contribution in [0.15, 0.2) is 54.6 Å². The van der Waals surface area contributed by atoms with Gasteiger partial charge in [0.05, 0.1) is 0 Å². The maximum absolute atomic E-state index is 12.4. The van der Waals surface area contributed by atoms with Crippen molar-refractivity contribution in [2.75, 3.05) is 13.1 Å².